The number of benzene rings is 2. The zero-order chi connectivity index (χ0) is 28.0. The van der Waals surface area contributed by atoms with Crippen molar-refractivity contribution < 1.29 is 18.8 Å². The highest BCUT2D eigenvalue weighted by molar-refractivity contribution is 6.42. The Bertz CT molecular complexity index is 1560. The van der Waals surface area contributed by atoms with Crippen LogP contribution in [0.25, 0.3) is 28.2 Å². The number of ether oxygens (including phenoxy) is 1. The fourth-order valence-corrected chi connectivity index (χ4v) is 5.08. The van der Waals surface area contributed by atoms with Crippen LogP contribution < -0.4 is 0 Å². The molecule has 0 amide bonds. The number of nitrogens with one attached hydrogen (secondary N) is 1. The van der Waals surface area contributed by atoms with Crippen LogP contribution in [-0.2, 0) is 14.9 Å². The number of rotatable bonds is 5. The van der Waals surface area contributed by atoms with E-state index in [1.165, 1.54) is 6.08 Å². The summed E-state index contributed by atoms with van der Waals surface area (Å²) in [5, 5.41) is 5.76. The first-order valence-corrected chi connectivity index (χ1v) is 13.0. The number of H-pyrrole nitrogens is 1. The predicted molar refractivity (Wildman–Crippen MR) is 152 cm³/mol. The van der Waals surface area contributed by atoms with E-state index in [4.69, 9.17) is 44.1 Å². The topological polar surface area (TPSA) is 85.2 Å². The number of ketones is 1. The smallest absolute Gasteiger partial charge is 0.331 e. The lowest BCUT2D eigenvalue weighted by Gasteiger charge is -2.17. The lowest BCUT2D eigenvalue weighted by molar-refractivity contribution is -0.148. The molecule has 4 aromatic rings. The molecule has 0 radical (unpaired) electrons. The molecule has 38 heavy (non-hydrogen) atoms. The van der Waals surface area contributed by atoms with Gasteiger partial charge < -0.3 is 14.2 Å². The van der Waals surface area contributed by atoms with E-state index in [2.05, 4.69) is 10.1 Å². The average molecular weight is 574 g/mol. The Morgan fingerprint density at radius 1 is 1.03 bits per heavy atom. The second kappa shape index (κ2) is 10.3. The van der Waals surface area contributed by atoms with Gasteiger partial charge in [-0.1, -0.05) is 78.9 Å². The van der Waals surface area contributed by atoms with Crippen LogP contribution in [0.4, 0.5) is 0 Å². The van der Waals surface area contributed by atoms with Gasteiger partial charge in [0.2, 0.25) is 5.78 Å². The highest BCUT2D eigenvalue weighted by Crippen LogP contribution is 2.42. The predicted octanol–water partition coefficient (Wildman–Crippen LogP) is 8.67. The zero-order valence-corrected chi connectivity index (χ0v) is 24.1. The van der Waals surface area contributed by atoms with E-state index in [-0.39, 0.29) is 27.1 Å². The van der Waals surface area contributed by atoms with E-state index >= 15 is 0 Å². The minimum atomic E-state index is -0.601. The van der Waals surface area contributed by atoms with Crippen molar-refractivity contribution >= 4 is 63.5 Å². The third kappa shape index (κ3) is 5.68. The molecule has 2 heterocycles. The third-order valence-corrected chi connectivity index (χ3v) is 6.46. The Hall–Kier alpha value is -3.06. The first-order chi connectivity index (χ1) is 17.7. The second-order valence-electron chi connectivity index (χ2n) is 10.9. The fourth-order valence-electron chi connectivity index (χ4n) is 4.08. The summed E-state index contributed by atoms with van der Waals surface area (Å²) in [6.45, 7) is 11.2. The van der Waals surface area contributed by atoms with Crippen molar-refractivity contribution in [2.45, 2.75) is 52.6 Å². The van der Waals surface area contributed by atoms with Crippen molar-refractivity contribution in [3.05, 3.63) is 80.1 Å². The minimum Gasteiger partial charge on any atom is -0.457 e. The maximum atomic E-state index is 14.1. The number of hydrogen-bond acceptors (Lipinski definition) is 5. The number of nitrogens with zero attached hydrogens (tertiary/aromatic N) is 1. The van der Waals surface area contributed by atoms with Gasteiger partial charge in [-0.15, -0.1) is 0 Å². The summed E-state index contributed by atoms with van der Waals surface area (Å²) < 4.78 is 11.1. The second-order valence-corrected chi connectivity index (χ2v) is 12.1. The standard InChI is InChI=1S/C29H27Cl3N2O4/c1-28(2,3)27-23(25(34-38-27)22-19(31)12-16(30)13-20(22)32)26(36)18-14-33-24-15(8-7-9-17(18)24)10-11-21(35)37-29(4,5)6/h7-14,33H,1-6H3/b11-10+. The summed E-state index contributed by atoms with van der Waals surface area (Å²) in [6.07, 6.45) is 4.65. The Kier molecular flexibility index (Phi) is 7.54. The number of aromatic amines is 1. The molecule has 0 fully saturated rings. The Morgan fingerprint density at radius 2 is 1.68 bits per heavy atom. The summed E-state index contributed by atoms with van der Waals surface area (Å²) in [5.41, 5.74) is 1.53. The van der Waals surface area contributed by atoms with Crippen molar-refractivity contribution in [3.8, 4) is 11.3 Å². The molecule has 0 saturated heterocycles. The molecule has 2 aromatic heterocycles. The lowest BCUT2D eigenvalue weighted by Crippen LogP contribution is -2.22. The Morgan fingerprint density at radius 3 is 2.29 bits per heavy atom. The van der Waals surface area contributed by atoms with Gasteiger partial charge in [-0.25, -0.2) is 4.79 Å². The van der Waals surface area contributed by atoms with Crippen LogP contribution in [0, 0.1) is 0 Å². The lowest BCUT2D eigenvalue weighted by atomic mass is 9.86. The van der Waals surface area contributed by atoms with Gasteiger partial charge in [-0.05, 0) is 44.5 Å². The van der Waals surface area contributed by atoms with Crippen LogP contribution in [-0.4, -0.2) is 27.5 Å². The number of aromatic nitrogens is 2. The molecule has 0 saturated carbocycles. The van der Waals surface area contributed by atoms with Gasteiger partial charge in [0.05, 0.1) is 21.1 Å². The van der Waals surface area contributed by atoms with Gasteiger partial charge in [-0.3, -0.25) is 4.79 Å². The van der Waals surface area contributed by atoms with Crippen LogP contribution >= 0.6 is 34.8 Å². The van der Waals surface area contributed by atoms with Crippen molar-refractivity contribution in [2.24, 2.45) is 0 Å². The number of esters is 1. The van der Waals surface area contributed by atoms with Crippen molar-refractivity contribution in [2.75, 3.05) is 0 Å². The molecule has 1 N–H and O–H groups in total. The monoisotopic (exact) mass is 572 g/mol. The van der Waals surface area contributed by atoms with Crippen LogP contribution in [0.2, 0.25) is 15.1 Å². The van der Waals surface area contributed by atoms with Crippen molar-refractivity contribution in [3.63, 3.8) is 0 Å². The van der Waals surface area contributed by atoms with Gasteiger partial charge in [0.15, 0.2) is 5.76 Å². The van der Waals surface area contributed by atoms with E-state index < -0.39 is 17.0 Å². The van der Waals surface area contributed by atoms with E-state index in [0.29, 0.717) is 32.8 Å². The molecule has 0 aliphatic rings. The molecule has 9 heteroatoms. The molecule has 6 nitrogen and oxygen atoms in total. The van der Waals surface area contributed by atoms with Crippen molar-refractivity contribution in [1.29, 1.82) is 0 Å². The van der Waals surface area contributed by atoms with Crippen LogP contribution in [0.15, 0.2) is 47.1 Å². The largest absolute Gasteiger partial charge is 0.457 e. The van der Waals surface area contributed by atoms with E-state index in [0.717, 1.165) is 5.56 Å². The molecule has 0 spiro atoms. The molecular weight excluding hydrogens is 547 g/mol. The number of para-hydroxylation sites is 1. The quantitative estimate of drug-likeness (QED) is 0.147. The van der Waals surface area contributed by atoms with E-state index in [1.807, 2.05) is 39.0 Å². The Balaban J connectivity index is 1.84. The van der Waals surface area contributed by atoms with Crippen LogP contribution in [0.3, 0.4) is 0 Å². The first-order valence-electron chi connectivity index (χ1n) is 11.9. The number of fused-ring (bicyclic) bond motifs is 1. The summed E-state index contributed by atoms with van der Waals surface area (Å²) in [7, 11) is 0. The Labute approximate surface area is 235 Å². The first kappa shape index (κ1) is 28.0. The van der Waals surface area contributed by atoms with Gasteiger partial charge >= 0.3 is 5.97 Å². The fraction of sp³-hybridized carbons (Fsp3) is 0.276. The van der Waals surface area contributed by atoms with Gasteiger partial charge in [0, 0.05) is 39.2 Å². The number of carbonyl (C=O) groups excluding carboxylic acids is 2. The van der Waals surface area contributed by atoms with Gasteiger partial charge in [-0.2, -0.15) is 0 Å². The molecule has 0 bridgehead atoms. The summed E-state index contributed by atoms with van der Waals surface area (Å²) in [4.78, 5) is 29.5. The summed E-state index contributed by atoms with van der Waals surface area (Å²) in [6, 6.07) is 8.56. The SMILES string of the molecule is CC(C)(C)OC(=O)/C=C/c1cccc2c(C(=O)c3c(-c4c(Cl)cc(Cl)cc4Cl)noc3C(C)(C)C)c[nH]c12. The van der Waals surface area contributed by atoms with E-state index in [1.54, 1.807) is 45.2 Å². The maximum Gasteiger partial charge on any atom is 0.331 e. The molecule has 0 aliphatic heterocycles. The molecule has 2 aromatic carbocycles. The molecule has 4 rings (SSSR count). The molecule has 198 valence electrons. The number of halogens is 3. The maximum absolute atomic E-state index is 14.1. The number of carbonyl (C=O) groups is 2. The molecule has 0 atom stereocenters. The van der Waals surface area contributed by atoms with Crippen molar-refractivity contribution in [1.82, 2.24) is 10.1 Å². The van der Waals surface area contributed by atoms with Gasteiger partial charge in [0.1, 0.15) is 11.3 Å². The minimum absolute atomic E-state index is 0.238. The molecular formula is C29H27Cl3N2O4. The molecule has 0 unspecified atom stereocenters. The van der Waals surface area contributed by atoms with Crippen LogP contribution in [0.5, 0.6) is 0 Å². The zero-order valence-electron chi connectivity index (χ0n) is 21.8. The highest BCUT2D eigenvalue weighted by atomic mass is 35.5. The summed E-state index contributed by atoms with van der Waals surface area (Å²) in [5.74, 6) is -0.374. The normalized spacial score (nSPS) is 12.4. The summed E-state index contributed by atoms with van der Waals surface area (Å²) >= 11 is 19.1. The number of hydrogen-bond donors (Lipinski definition) is 1. The average Bonchev–Trinajstić information content (AvgIpc) is 3.40. The highest BCUT2D eigenvalue weighted by Gasteiger charge is 2.34. The van der Waals surface area contributed by atoms with Gasteiger partial charge in [0.25, 0.3) is 0 Å². The third-order valence-electron chi connectivity index (χ3n) is 5.64. The molecule has 0 aliphatic carbocycles. The van der Waals surface area contributed by atoms with Crippen LogP contribution in [0.1, 0.15) is 68.8 Å². The van der Waals surface area contributed by atoms with E-state index in [9.17, 15) is 9.59 Å².